The molecule has 2 aromatic rings. The maximum absolute atomic E-state index is 13.9. The van der Waals surface area contributed by atoms with Crippen LogP contribution in [0.15, 0.2) is 42.5 Å². The number of hydrogen-bond donors (Lipinski definition) is 0. The van der Waals surface area contributed by atoms with E-state index in [9.17, 15) is 17.6 Å². The number of rotatable bonds is 5. The first-order valence-corrected chi connectivity index (χ1v) is 11.0. The molecule has 3 rings (SSSR count). The summed E-state index contributed by atoms with van der Waals surface area (Å²) in [6.07, 6.45) is 3.19. The van der Waals surface area contributed by atoms with Crippen molar-refractivity contribution < 1.29 is 17.6 Å². The van der Waals surface area contributed by atoms with E-state index < -0.39 is 10.2 Å². The number of thiophene rings is 1. The summed E-state index contributed by atoms with van der Waals surface area (Å²) in [5.74, 6) is -0.441. The van der Waals surface area contributed by atoms with Gasteiger partial charge < -0.3 is 4.90 Å². The first-order chi connectivity index (χ1) is 13.3. The van der Waals surface area contributed by atoms with Gasteiger partial charge in [0.1, 0.15) is 5.82 Å². The van der Waals surface area contributed by atoms with E-state index >= 15 is 0 Å². The fourth-order valence-electron chi connectivity index (χ4n) is 2.88. The zero-order chi connectivity index (χ0) is 20.3. The van der Waals surface area contributed by atoms with Gasteiger partial charge in [-0.2, -0.15) is 17.0 Å². The molecular formula is C19H22FN3O3S2. The summed E-state index contributed by atoms with van der Waals surface area (Å²) < 4.78 is 40.7. The van der Waals surface area contributed by atoms with E-state index in [4.69, 9.17) is 0 Å². The van der Waals surface area contributed by atoms with Crippen LogP contribution in [0, 0.1) is 5.82 Å². The molecule has 1 aliphatic rings. The van der Waals surface area contributed by atoms with E-state index in [0.717, 1.165) is 9.75 Å². The Morgan fingerprint density at radius 3 is 2.43 bits per heavy atom. The smallest absolute Gasteiger partial charge is 0.281 e. The van der Waals surface area contributed by atoms with Gasteiger partial charge in [-0.25, -0.2) is 4.39 Å². The maximum atomic E-state index is 13.9. The summed E-state index contributed by atoms with van der Waals surface area (Å²) in [5, 5.41) is 0. The summed E-state index contributed by atoms with van der Waals surface area (Å²) in [4.78, 5) is 15.7. The molecule has 6 nitrogen and oxygen atoms in total. The lowest BCUT2D eigenvalue weighted by Gasteiger charge is -2.34. The molecule has 0 atom stereocenters. The lowest BCUT2D eigenvalue weighted by Crippen LogP contribution is -2.52. The molecule has 0 unspecified atom stereocenters. The predicted molar refractivity (Wildman–Crippen MR) is 110 cm³/mol. The van der Waals surface area contributed by atoms with Gasteiger partial charge in [0.05, 0.1) is 0 Å². The van der Waals surface area contributed by atoms with Gasteiger partial charge in [0.25, 0.3) is 10.2 Å². The highest BCUT2D eigenvalue weighted by Gasteiger charge is 2.29. The molecule has 0 aliphatic carbocycles. The van der Waals surface area contributed by atoms with E-state index in [1.54, 1.807) is 29.2 Å². The SMILES string of the molecule is CN(C)S(=O)(=O)N1CCN(C(=O)C=Cc2ccc(-c3ccccc3F)s2)CC1. The Morgan fingerprint density at radius 2 is 1.79 bits per heavy atom. The summed E-state index contributed by atoms with van der Waals surface area (Å²) in [7, 11) is -0.465. The minimum absolute atomic E-state index is 0.164. The zero-order valence-corrected chi connectivity index (χ0v) is 17.3. The Morgan fingerprint density at radius 1 is 1.11 bits per heavy atom. The predicted octanol–water partition coefficient (Wildman–Crippen LogP) is 2.52. The molecule has 0 N–H and O–H groups in total. The van der Waals surface area contributed by atoms with Gasteiger partial charge in [0, 0.05) is 61.7 Å². The van der Waals surface area contributed by atoms with Crippen molar-refractivity contribution in [1.82, 2.24) is 13.5 Å². The Kier molecular flexibility index (Phi) is 6.29. The number of benzene rings is 1. The molecule has 0 bridgehead atoms. The number of halogens is 1. The van der Waals surface area contributed by atoms with Gasteiger partial charge in [-0.3, -0.25) is 4.79 Å². The molecule has 1 aromatic heterocycles. The fraction of sp³-hybridized carbons (Fsp3) is 0.316. The van der Waals surface area contributed by atoms with Crippen LogP contribution in [0.4, 0.5) is 4.39 Å². The highest BCUT2D eigenvalue weighted by Crippen LogP contribution is 2.30. The van der Waals surface area contributed by atoms with Crippen molar-refractivity contribution >= 4 is 33.5 Å². The van der Waals surface area contributed by atoms with Crippen molar-refractivity contribution in [2.75, 3.05) is 40.3 Å². The standard InChI is InChI=1S/C19H22FN3O3S2/c1-21(2)28(25,26)23-13-11-22(12-14-23)19(24)10-8-15-7-9-18(27-15)16-5-3-4-6-17(16)20/h3-10H,11-14H2,1-2H3. The van der Waals surface area contributed by atoms with Crippen LogP contribution in [0.2, 0.25) is 0 Å². The van der Waals surface area contributed by atoms with E-state index in [1.165, 1.54) is 46.2 Å². The van der Waals surface area contributed by atoms with Crippen LogP contribution in [-0.2, 0) is 15.0 Å². The highest BCUT2D eigenvalue weighted by atomic mass is 32.2. The molecule has 0 radical (unpaired) electrons. The van der Waals surface area contributed by atoms with Crippen LogP contribution < -0.4 is 0 Å². The number of carbonyl (C=O) groups excluding carboxylic acids is 1. The van der Waals surface area contributed by atoms with Crippen molar-refractivity contribution in [3.8, 4) is 10.4 Å². The molecule has 1 fully saturated rings. The van der Waals surface area contributed by atoms with Crippen molar-refractivity contribution in [3.05, 3.63) is 53.2 Å². The molecule has 0 spiro atoms. The third-order valence-electron chi connectivity index (χ3n) is 4.49. The maximum Gasteiger partial charge on any atom is 0.281 e. The van der Waals surface area contributed by atoms with Gasteiger partial charge in [-0.1, -0.05) is 18.2 Å². The molecule has 1 saturated heterocycles. The van der Waals surface area contributed by atoms with Crippen molar-refractivity contribution in [2.24, 2.45) is 0 Å². The topological polar surface area (TPSA) is 60.9 Å². The average Bonchev–Trinajstić information content (AvgIpc) is 3.15. The summed E-state index contributed by atoms with van der Waals surface area (Å²) in [5.41, 5.74) is 0.539. The van der Waals surface area contributed by atoms with Gasteiger partial charge in [-0.05, 0) is 24.3 Å². The van der Waals surface area contributed by atoms with Gasteiger partial charge in [0.15, 0.2) is 0 Å². The molecule has 0 saturated carbocycles. The molecule has 1 amide bonds. The lowest BCUT2D eigenvalue weighted by molar-refractivity contribution is -0.127. The Bertz CT molecular complexity index is 978. The highest BCUT2D eigenvalue weighted by molar-refractivity contribution is 7.86. The van der Waals surface area contributed by atoms with Crippen LogP contribution in [0.5, 0.6) is 0 Å². The van der Waals surface area contributed by atoms with E-state index in [0.29, 0.717) is 18.7 Å². The van der Waals surface area contributed by atoms with Crippen molar-refractivity contribution in [2.45, 2.75) is 0 Å². The third kappa shape index (κ3) is 4.49. The molecular weight excluding hydrogens is 401 g/mol. The minimum Gasteiger partial charge on any atom is -0.337 e. The second-order valence-electron chi connectivity index (χ2n) is 6.53. The molecule has 9 heteroatoms. The van der Waals surface area contributed by atoms with Crippen LogP contribution in [0.3, 0.4) is 0 Å². The van der Waals surface area contributed by atoms with Crippen LogP contribution in [0.25, 0.3) is 16.5 Å². The average molecular weight is 424 g/mol. The second kappa shape index (κ2) is 8.52. The fourth-order valence-corrected chi connectivity index (χ4v) is 4.90. The summed E-state index contributed by atoms with van der Waals surface area (Å²) in [6.45, 7) is 1.25. The first-order valence-electron chi connectivity index (χ1n) is 8.78. The minimum atomic E-state index is -3.45. The number of hydrogen-bond acceptors (Lipinski definition) is 4. The number of carbonyl (C=O) groups is 1. The quantitative estimate of drug-likeness (QED) is 0.695. The van der Waals surface area contributed by atoms with E-state index in [1.807, 2.05) is 12.1 Å². The monoisotopic (exact) mass is 423 g/mol. The Balaban J connectivity index is 1.60. The molecule has 2 heterocycles. The number of amides is 1. The second-order valence-corrected chi connectivity index (χ2v) is 9.79. The third-order valence-corrected chi connectivity index (χ3v) is 7.52. The van der Waals surface area contributed by atoms with Gasteiger partial charge >= 0.3 is 0 Å². The van der Waals surface area contributed by atoms with Crippen molar-refractivity contribution in [3.63, 3.8) is 0 Å². The van der Waals surface area contributed by atoms with Crippen LogP contribution in [0.1, 0.15) is 4.88 Å². The van der Waals surface area contributed by atoms with E-state index in [-0.39, 0.29) is 24.8 Å². The molecule has 1 aromatic carbocycles. The Hall–Kier alpha value is -2.07. The molecule has 1 aliphatic heterocycles. The first kappa shape index (κ1) is 20.7. The normalized spacial score (nSPS) is 16.2. The number of nitrogens with zero attached hydrogens (tertiary/aromatic N) is 3. The summed E-state index contributed by atoms with van der Waals surface area (Å²) >= 11 is 1.41. The summed E-state index contributed by atoms with van der Waals surface area (Å²) in [6, 6.07) is 10.3. The lowest BCUT2D eigenvalue weighted by atomic mass is 10.2. The Labute approximate surface area is 168 Å². The molecule has 150 valence electrons. The number of piperazine rings is 1. The zero-order valence-electron chi connectivity index (χ0n) is 15.7. The largest absolute Gasteiger partial charge is 0.337 e. The molecule has 28 heavy (non-hydrogen) atoms. The van der Waals surface area contributed by atoms with Gasteiger partial charge in [-0.15, -0.1) is 11.3 Å². The van der Waals surface area contributed by atoms with Gasteiger partial charge in [0.2, 0.25) is 5.91 Å². The van der Waals surface area contributed by atoms with Crippen LogP contribution in [-0.4, -0.2) is 68.1 Å². The van der Waals surface area contributed by atoms with E-state index in [2.05, 4.69) is 0 Å². The van der Waals surface area contributed by atoms with Crippen LogP contribution >= 0.6 is 11.3 Å². The van der Waals surface area contributed by atoms with Crippen molar-refractivity contribution in [1.29, 1.82) is 0 Å².